The Labute approximate surface area is 331 Å². The van der Waals surface area contributed by atoms with Crippen molar-refractivity contribution in [3.63, 3.8) is 0 Å². The zero-order chi connectivity index (χ0) is 37.0. The van der Waals surface area contributed by atoms with Crippen molar-refractivity contribution in [2.75, 3.05) is 0 Å². The van der Waals surface area contributed by atoms with Crippen LogP contribution in [0.3, 0.4) is 0 Å². The molecular weight excluding hydrogens is 847 g/mol. The number of benzene rings is 6. The maximum atomic E-state index is 2.74. The Morgan fingerprint density at radius 1 is 0.255 bits per heavy atom. The topological polar surface area (TPSA) is 9.72 Å². The van der Waals surface area contributed by atoms with E-state index in [1.165, 1.54) is 33.4 Å². The van der Waals surface area contributed by atoms with Gasteiger partial charge in [0.15, 0.2) is 0 Å². The van der Waals surface area contributed by atoms with E-state index in [9.17, 15) is 0 Å². The van der Waals surface area contributed by atoms with Gasteiger partial charge in [0.05, 0.1) is 0 Å². The van der Waals surface area contributed by atoms with E-state index in [-0.39, 0.29) is 0 Å². The molecule has 3 aliphatic heterocycles. The van der Waals surface area contributed by atoms with Gasteiger partial charge in [-0.25, -0.2) is 0 Å². The van der Waals surface area contributed by atoms with Crippen LogP contribution in [-0.2, 0) is 33.8 Å². The molecule has 9 rings (SSSR count). The Morgan fingerprint density at radius 2 is 0.455 bits per heavy atom. The van der Waals surface area contributed by atoms with Crippen LogP contribution in [0.5, 0.6) is 0 Å². The van der Waals surface area contributed by atoms with Crippen LogP contribution in [0.1, 0.15) is 33.4 Å². The summed E-state index contributed by atoms with van der Waals surface area (Å²) in [5.74, 6) is 0. The molecule has 0 N–H and O–H groups in total. The number of rotatable bonds is 9. The number of allylic oxidation sites excluding steroid dienone is 6. The molecule has 3 aliphatic rings. The Balaban J connectivity index is 1.40. The number of nitrogens with zero attached hydrogens (tertiary/aromatic N) is 3. The molecule has 3 nitrogen and oxygen atoms in total. The molecule has 55 heavy (non-hydrogen) atoms. The van der Waals surface area contributed by atoms with E-state index in [0.29, 0.717) is 0 Å². The first-order valence-electron chi connectivity index (χ1n) is 18.7. The Morgan fingerprint density at radius 3 is 0.655 bits per heavy atom. The van der Waals surface area contributed by atoms with Gasteiger partial charge in [0.1, 0.15) is 0 Å². The van der Waals surface area contributed by atoms with Gasteiger partial charge < -0.3 is 0 Å². The Kier molecular flexibility index (Phi) is 9.37. The molecule has 0 atom stereocenters. The Hall–Kier alpha value is -6.19. The fourth-order valence-electron chi connectivity index (χ4n) is 8.12. The molecule has 0 amide bonds. The zero-order valence-electron chi connectivity index (χ0n) is 30.4. The average Bonchev–Trinajstić information content (AvgIpc) is 3.29. The van der Waals surface area contributed by atoms with Crippen LogP contribution in [0.2, 0.25) is 0 Å². The fourth-order valence-corrected chi connectivity index (χ4v) is 16.0. The standard InChI is InChI=1S/3C17H14N.Ir/c3*1-3-9-15(10-4-1)17(13-7-8-14-18-17)16-11-5-2-6-12-16;/h3*1-14H;/q3*-1;+3. The third-order valence-corrected chi connectivity index (χ3v) is 17.4. The quantitative estimate of drug-likeness (QED) is 0.143. The minimum absolute atomic E-state index is 0.630. The van der Waals surface area contributed by atoms with E-state index in [2.05, 4.69) is 266 Å². The van der Waals surface area contributed by atoms with E-state index < -0.39 is 33.8 Å². The van der Waals surface area contributed by atoms with Crippen molar-refractivity contribution in [1.82, 2.24) is 10.7 Å². The van der Waals surface area contributed by atoms with E-state index in [1.54, 1.807) is 0 Å². The molecule has 270 valence electrons. The predicted molar refractivity (Wildman–Crippen MR) is 221 cm³/mol. The van der Waals surface area contributed by atoms with E-state index in [4.69, 9.17) is 0 Å². The van der Waals surface area contributed by atoms with Crippen molar-refractivity contribution in [2.45, 2.75) is 16.6 Å². The molecule has 0 aromatic heterocycles. The molecule has 0 aliphatic carbocycles. The van der Waals surface area contributed by atoms with Gasteiger partial charge in [-0.2, -0.15) is 0 Å². The third-order valence-electron chi connectivity index (χ3n) is 10.7. The van der Waals surface area contributed by atoms with Gasteiger partial charge in [-0.15, -0.1) is 0 Å². The fraction of sp³-hybridized carbons (Fsp3) is 0.0588. The van der Waals surface area contributed by atoms with Gasteiger partial charge in [-0.05, 0) is 0 Å². The van der Waals surface area contributed by atoms with Crippen molar-refractivity contribution in [3.8, 4) is 0 Å². The third kappa shape index (κ3) is 5.77. The second kappa shape index (κ2) is 14.9. The average molecular weight is 889 g/mol. The first-order chi connectivity index (χ1) is 27.3. The van der Waals surface area contributed by atoms with Crippen molar-refractivity contribution >= 4 is 0 Å². The molecule has 6 aromatic rings. The normalized spacial score (nSPS) is 17.7. The predicted octanol–water partition coefficient (Wildman–Crippen LogP) is 11.3. The summed E-state index contributed by atoms with van der Waals surface area (Å²) in [6.07, 6.45) is 27.7. The summed E-state index contributed by atoms with van der Waals surface area (Å²) in [6, 6.07) is 66.3. The summed E-state index contributed by atoms with van der Waals surface area (Å²) >= 11 is -3.25. The summed E-state index contributed by atoms with van der Waals surface area (Å²) < 4.78 is 8.23. The molecule has 4 heteroatoms. The van der Waals surface area contributed by atoms with E-state index in [1.807, 2.05) is 0 Å². The number of hydrogen-bond acceptors (Lipinski definition) is 3. The SMILES string of the molecule is C1=C[N]([Ir]([N]2C=CC=CC2(c2ccccc2)c2ccccc2)[N]2C=CC=CC2(c2ccccc2)c2ccccc2)C(c2ccccc2)(c2ccccc2)C=C1. The molecule has 0 spiro atoms. The summed E-state index contributed by atoms with van der Waals surface area (Å²) in [4.78, 5) is 0. The molecule has 0 fully saturated rings. The zero-order valence-corrected chi connectivity index (χ0v) is 32.8. The molecule has 6 aromatic carbocycles. The van der Waals surface area contributed by atoms with Crippen molar-refractivity contribution in [1.29, 1.82) is 0 Å². The molecule has 0 saturated carbocycles. The summed E-state index contributed by atoms with van der Waals surface area (Å²) in [6.45, 7) is 0. The van der Waals surface area contributed by atoms with Gasteiger partial charge in [0.2, 0.25) is 0 Å². The molecule has 0 radical (unpaired) electrons. The maximum absolute atomic E-state index is 3.25. The van der Waals surface area contributed by atoms with Crippen LogP contribution in [0.15, 0.2) is 255 Å². The van der Waals surface area contributed by atoms with E-state index >= 15 is 0 Å². The molecule has 0 bridgehead atoms. The second-order valence-corrected chi connectivity index (χ2v) is 18.6. The van der Waals surface area contributed by atoms with Gasteiger partial charge in [-0.3, -0.25) is 0 Å². The summed E-state index contributed by atoms with van der Waals surface area (Å²) in [5, 5.41) is 0. The first-order valence-corrected chi connectivity index (χ1v) is 21.9. The van der Waals surface area contributed by atoms with Crippen molar-refractivity contribution in [2.24, 2.45) is 0 Å². The van der Waals surface area contributed by atoms with Crippen LogP contribution in [0, 0.1) is 0 Å². The summed E-state index contributed by atoms with van der Waals surface area (Å²) in [7, 11) is 0. The van der Waals surface area contributed by atoms with Gasteiger partial charge in [0.25, 0.3) is 0 Å². The molecule has 0 unspecified atom stereocenters. The Bertz CT molecular complexity index is 1990. The van der Waals surface area contributed by atoms with Gasteiger partial charge in [0, 0.05) is 0 Å². The van der Waals surface area contributed by atoms with Crippen LogP contribution in [0.4, 0.5) is 0 Å². The van der Waals surface area contributed by atoms with Crippen LogP contribution < -0.4 is 0 Å². The van der Waals surface area contributed by atoms with Crippen molar-refractivity contribution in [3.05, 3.63) is 289 Å². The van der Waals surface area contributed by atoms with Crippen LogP contribution >= 0.6 is 0 Å². The van der Waals surface area contributed by atoms with Crippen molar-refractivity contribution < 1.29 is 17.2 Å². The minimum atomic E-state index is -3.25. The summed E-state index contributed by atoms with van der Waals surface area (Å²) in [5.41, 5.74) is 5.41. The first kappa shape index (κ1) is 34.6. The molecule has 3 heterocycles. The van der Waals surface area contributed by atoms with Crippen LogP contribution in [-0.4, -0.2) is 10.7 Å². The number of hydrogen-bond donors (Lipinski definition) is 0. The van der Waals surface area contributed by atoms with Gasteiger partial charge >= 0.3 is 333 Å². The van der Waals surface area contributed by atoms with Gasteiger partial charge in [-0.1, -0.05) is 0 Å². The second-order valence-electron chi connectivity index (χ2n) is 13.7. The molecule has 0 saturated heterocycles. The molecular formula is C51H42IrN3. The van der Waals surface area contributed by atoms with Crippen LogP contribution in [0.25, 0.3) is 0 Å². The monoisotopic (exact) mass is 889 g/mol. The van der Waals surface area contributed by atoms with E-state index in [0.717, 1.165) is 0 Å².